The molecule has 98 valence electrons. The number of amides is 1. The zero-order chi connectivity index (χ0) is 13.7. The van der Waals surface area contributed by atoms with Crippen molar-refractivity contribution in [2.45, 2.75) is 12.5 Å². The van der Waals surface area contributed by atoms with E-state index in [4.69, 9.17) is 10.2 Å². The molecular formula is C11H11F2NO4. The van der Waals surface area contributed by atoms with Crippen LogP contribution in [0.15, 0.2) is 18.2 Å². The van der Waals surface area contributed by atoms with E-state index in [2.05, 4.69) is 5.32 Å². The van der Waals surface area contributed by atoms with Gasteiger partial charge >= 0.3 is 5.97 Å². The van der Waals surface area contributed by atoms with E-state index in [9.17, 15) is 18.4 Å². The summed E-state index contributed by atoms with van der Waals surface area (Å²) in [5.74, 6) is -4.44. The van der Waals surface area contributed by atoms with E-state index in [1.165, 1.54) is 0 Å². The second-order valence-corrected chi connectivity index (χ2v) is 3.50. The maximum absolute atomic E-state index is 13.2. The molecule has 1 atom stereocenters. The highest BCUT2D eigenvalue weighted by molar-refractivity contribution is 5.94. The third kappa shape index (κ3) is 3.49. The molecule has 0 fully saturated rings. The minimum Gasteiger partial charge on any atom is -0.479 e. The predicted molar refractivity (Wildman–Crippen MR) is 57.0 cm³/mol. The van der Waals surface area contributed by atoms with Gasteiger partial charge in [-0.3, -0.25) is 4.79 Å². The number of nitrogens with one attached hydrogen (secondary N) is 1. The molecule has 5 nitrogen and oxygen atoms in total. The van der Waals surface area contributed by atoms with Gasteiger partial charge in [-0.05, 0) is 12.1 Å². The number of aliphatic hydroxyl groups excluding tert-OH is 1. The quantitative estimate of drug-likeness (QED) is 0.720. The minimum atomic E-state index is -1.63. The molecule has 1 aromatic rings. The minimum absolute atomic E-state index is 0.208. The smallest absolute Gasteiger partial charge is 0.332 e. The van der Waals surface area contributed by atoms with E-state index in [1.54, 1.807) is 0 Å². The van der Waals surface area contributed by atoms with Gasteiger partial charge in [0.2, 0.25) is 0 Å². The number of halogens is 2. The Morgan fingerprint density at radius 3 is 2.33 bits per heavy atom. The Hall–Kier alpha value is -2.02. The fourth-order valence-corrected chi connectivity index (χ4v) is 1.25. The van der Waals surface area contributed by atoms with Gasteiger partial charge in [-0.15, -0.1) is 0 Å². The first-order chi connectivity index (χ1) is 8.43. The number of carbonyl (C=O) groups excluding carboxylic acids is 1. The average molecular weight is 259 g/mol. The third-order valence-corrected chi connectivity index (χ3v) is 2.18. The lowest BCUT2D eigenvalue weighted by atomic mass is 10.2. The van der Waals surface area contributed by atoms with Crippen LogP contribution in [0.1, 0.15) is 16.8 Å². The lowest BCUT2D eigenvalue weighted by Gasteiger charge is -2.08. The van der Waals surface area contributed by atoms with E-state index in [1.807, 2.05) is 0 Å². The monoisotopic (exact) mass is 259 g/mol. The molecule has 0 aliphatic carbocycles. The van der Waals surface area contributed by atoms with Crippen molar-refractivity contribution in [1.29, 1.82) is 0 Å². The first-order valence-electron chi connectivity index (χ1n) is 5.06. The number of carboxylic acid groups (broad SMARTS) is 1. The molecule has 0 aliphatic heterocycles. The van der Waals surface area contributed by atoms with E-state index < -0.39 is 35.2 Å². The SMILES string of the molecule is O=C(NCCC(O)C(=O)O)c1c(F)cccc1F. The molecule has 0 aromatic heterocycles. The Balaban J connectivity index is 2.59. The standard InChI is InChI=1S/C11H11F2NO4/c12-6-2-1-3-7(13)9(6)10(16)14-5-4-8(15)11(17)18/h1-3,8,15H,4-5H2,(H,14,16)(H,17,18). The van der Waals surface area contributed by atoms with E-state index in [-0.39, 0.29) is 13.0 Å². The Morgan fingerprint density at radius 1 is 1.28 bits per heavy atom. The number of aliphatic carboxylic acids is 1. The lowest BCUT2D eigenvalue weighted by Crippen LogP contribution is -2.31. The number of rotatable bonds is 5. The third-order valence-electron chi connectivity index (χ3n) is 2.18. The summed E-state index contributed by atoms with van der Waals surface area (Å²) in [5.41, 5.74) is -0.734. The summed E-state index contributed by atoms with van der Waals surface area (Å²) >= 11 is 0. The zero-order valence-electron chi connectivity index (χ0n) is 9.19. The Morgan fingerprint density at radius 2 is 1.83 bits per heavy atom. The highest BCUT2D eigenvalue weighted by atomic mass is 19.1. The summed E-state index contributed by atoms with van der Waals surface area (Å²) in [6, 6.07) is 2.99. The number of benzene rings is 1. The summed E-state index contributed by atoms with van der Waals surface area (Å²) in [4.78, 5) is 21.7. The number of hydrogen-bond donors (Lipinski definition) is 3. The van der Waals surface area contributed by atoms with Gasteiger partial charge < -0.3 is 15.5 Å². The molecule has 0 saturated carbocycles. The van der Waals surface area contributed by atoms with Crippen LogP contribution in [-0.2, 0) is 4.79 Å². The van der Waals surface area contributed by atoms with Crippen LogP contribution in [0.3, 0.4) is 0 Å². The second kappa shape index (κ2) is 6.06. The maximum Gasteiger partial charge on any atom is 0.332 e. The van der Waals surface area contributed by atoms with Gasteiger partial charge in [0, 0.05) is 13.0 Å². The van der Waals surface area contributed by atoms with Crippen LogP contribution >= 0.6 is 0 Å². The van der Waals surface area contributed by atoms with Crippen molar-refractivity contribution in [3.05, 3.63) is 35.4 Å². The highest BCUT2D eigenvalue weighted by Gasteiger charge is 2.18. The second-order valence-electron chi connectivity index (χ2n) is 3.50. The van der Waals surface area contributed by atoms with E-state index in [0.717, 1.165) is 18.2 Å². The van der Waals surface area contributed by atoms with Gasteiger partial charge in [0.15, 0.2) is 6.10 Å². The molecule has 1 unspecified atom stereocenters. The first kappa shape index (κ1) is 14.0. The summed E-state index contributed by atoms with van der Waals surface area (Å²) in [7, 11) is 0. The van der Waals surface area contributed by atoms with Gasteiger partial charge in [0.05, 0.1) is 0 Å². The fraction of sp³-hybridized carbons (Fsp3) is 0.273. The largest absolute Gasteiger partial charge is 0.479 e. The summed E-state index contributed by atoms with van der Waals surface area (Å²) in [6.07, 6.45) is -1.88. The van der Waals surface area contributed by atoms with Crippen LogP contribution in [0, 0.1) is 11.6 Å². The van der Waals surface area contributed by atoms with Crippen molar-refractivity contribution >= 4 is 11.9 Å². The zero-order valence-corrected chi connectivity index (χ0v) is 9.19. The molecule has 0 spiro atoms. The molecule has 0 saturated heterocycles. The molecule has 7 heteroatoms. The summed E-state index contributed by atoms with van der Waals surface area (Å²) < 4.78 is 26.3. The summed E-state index contributed by atoms with van der Waals surface area (Å²) in [6.45, 7) is -0.208. The van der Waals surface area contributed by atoms with Crippen LogP contribution in [0.25, 0.3) is 0 Å². The Labute approximate surface area is 101 Å². The van der Waals surface area contributed by atoms with Crippen molar-refractivity contribution in [3.8, 4) is 0 Å². The van der Waals surface area contributed by atoms with Crippen molar-refractivity contribution < 1.29 is 28.6 Å². The van der Waals surface area contributed by atoms with Gasteiger partial charge in [0.1, 0.15) is 17.2 Å². The van der Waals surface area contributed by atoms with Gasteiger partial charge in [-0.25, -0.2) is 13.6 Å². The van der Waals surface area contributed by atoms with Crippen LogP contribution in [0.2, 0.25) is 0 Å². The average Bonchev–Trinajstić information content (AvgIpc) is 2.28. The molecule has 0 radical (unpaired) electrons. The number of carbonyl (C=O) groups is 2. The summed E-state index contributed by atoms with van der Waals surface area (Å²) in [5, 5.41) is 19.4. The fourth-order valence-electron chi connectivity index (χ4n) is 1.25. The first-order valence-corrected chi connectivity index (χ1v) is 5.06. The van der Waals surface area contributed by atoms with Crippen LogP contribution < -0.4 is 5.32 Å². The van der Waals surface area contributed by atoms with Crippen molar-refractivity contribution in [1.82, 2.24) is 5.32 Å². The maximum atomic E-state index is 13.2. The predicted octanol–water partition coefficient (Wildman–Crippen LogP) is 0.530. The van der Waals surface area contributed by atoms with Crippen molar-refractivity contribution in [3.63, 3.8) is 0 Å². The van der Waals surface area contributed by atoms with Crippen LogP contribution in [0.4, 0.5) is 8.78 Å². The van der Waals surface area contributed by atoms with Crippen molar-refractivity contribution in [2.75, 3.05) is 6.54 Å². The molecule has 0 aliphatic rings. The van der Waals surface area contributed by atoms with Gasteiger partial charge in [-0.1, -0.05) is 6.07 Å². The van der Waals surface area contributed by atoms with E-state index in [0.29, 0.717) is 0 Å². The molecule has 0 bridgehead atoms. The molecule has 0 heterocycles. The molecule has 1 rings (SSSR count). The topological polar surface area (TPSA) is 86.6 Å². The Kier molecular flexibility index (Phi) is 4.73. The number of hydrogen-bond acceptors (Lipinski definition) is 3. The molecule has 3 N–H and O–H groups in total. The number of aliphatic hydroxyl groups is 1. The van der Waals surface area contributed by atoms with Crippen molar-refractivity contribution in [2.24, 2.45) is 0 Å². The Bertz CT molecular complexity index is 444. The molecular weight excluding hydrogens is 248 g/mol. The number of carboxylic acids is 1. The van der Waals surface area contributed by atoms with Gasteiger partial charge in [0.25, 0.3) is 5.91 Å². The lowest BCUT2D eigenvalue weighted by molar-refractivity contribution is -0.146. The molecule has 1 aromatic carbocycles. The highest BCUT2D eigenvalue weighted by Crippen LogP contribution is 2.11. The van der Waals surface area contributed by atoms with Crippen LogP contribution in [-0.4, -0.2) is 34.7 Å². The molecule has 1 amide bonds. The van der Waals surface area contributed by atoms with Crippen LogP contribution in [0.5, 0.6) is 0 Å². The molecule has 18 heavy (non-hydrogen) atoms. The van der Waals surface area contributed by atoms with E-state index >= 15 is 0 Å². The van der Waals surface area contributed by atoms with Gasteiger partial charge in [-0.2, -0.15) is 0 Å². The normalized spacial score (nSPS) is 11.9.